The van der Waals surface area contributed by atoms with E-state index in [2.05, 4.69) is 0 Å². The molecular formula is C24H27N3O4. The number of rotatable bonds is 5. The van der Waals surface area contributed by atoms with E-state index in [0.717, 1.165) is 22.3 Å². The molecule has 0 unspecified atom stereocenters. The molecule has 0 radical (unpaired) electrons. The molecule has 2 aliphatic rings. The molecule has 0 saturated heterocycles. The van der Waals surface area contributed by atoms with Gasteiger partial charge in [0.1, 0.15) is 0 Å². The molecule has 0 fully saturated rings. The number of amides is 2. The van der Waals surface area contributed by atoms with Gasteiger partial charge < -0.3 is 25.0 Å². The summed E-state index contributed by atoms with van der Waals surface area (Å²) in [5.74, 6) is 1.26. The average Bonchev–Trinajstić information content (AvgIpc) is 3.23. The standard InChI is InChI=1S/C24H27N3O4/c1-15-10-19(18-6-4-5-7-20(18)25)16(2)24(27(15)23(29)12-26(3)13-28)17-8-9-21-22(11-17)31-14-30-21/h4-9,11,13,15,24H,10,12,14,25H2,1-3H3/t15-,24-/m1/s1. The quantitative estimate of drug-likeness (QED) is 0.592. The maximum Gasteiger partial charge on any atom is 0.243 e. The second-order valence-corrected chi connectivity index (χ2v) is 8.14. The van der Waals surface area contributed by atoms with Crippen molar-refractivity contribution in [2.75, 3.05) is 26.1 Å². The van der Waals surface area contributed by atoms with Crippen molar-refractivity contribution in [3.8, 4) is 11.5 Å². The summed E-state index contributed by atoms with van der Waals surface area (Å²) in [4.78, 5) is 27.6. The molecule has 0 saturated carbocycles. The highest BCUT2D eigenvalue weighted by Crippen LogP contribution is 2.45. The van der Waals surface area contributed by atoms with E-state index in [1.807, 2.05) is 61.2 Å². The molecule has 162 valence electrons. The van der Waals surface area contributed by atoms with Crippen molar-refractivity contribution in [2.45, 2.75) is 32.4 Å². The number of likely N-dealkylation sites (N-methyl/N-ethyl adjacent to an activating group) is 1. The second kappa shape index (κ2) is 8.34. The van der Waals surface area contributed by atoms with Crippen molar-refractivity contribution in [1.82, 2.24) is 9.80 Å². The van der Waals surface area contributed by atoms with Crippen LogP contribution in [0.15, 0.2) is 48.0 Å². The first-order valence-electron chi connectivity index (χ1n) is 10.3. The molecule has 2 aliphatic heterocycles. The fourth-order valence-electron chi connectivity index (χ4n) is 4.49. The summed E-state index contributed by atoms with van der Waals surface area (Å²) in [7, 11) is 1.61. The van der Waals surface area contributed by atoms with E-state index in [4.69, 9.17) is 15.2 Å². The minimum atomic E-state index is -0.305. The highest BCUT2D eigenvalue weighted by molar-refractivity contribution is 5.85. The van der Waals surface area contributed by atoms with Gasteiger partial charge in [-0.15, -0.1) is 0 Å². The summed E-state index contributed by atoms with van der Waals surface area (Å²) in [5, 5.41) is 0. The number of carbonyl (C=O) groups excluding carboxylic acids is 2. The number of anilines is 1. The van der Waals surface area contributed by atoms with E-state index >= 15 is 0 Å². The predicted molar refractivity (Wildman–Crippen MR) is 118 cm³/mol. The molecule has 0 bridgehead atoms. The molecule has 2 amide bonds. The molecular weight excluding hydrogens is 394 g/mol. The molecule has 7 heteroatoms. The molecule has 2 heterocycles. The normalized spacial score (nSPS) is 20.0. The summed E-state index contributed by atoms with van der Waals surface area (Å²) >= 11 is 0. The molecule has 0 spiro atoms. The zero-order valence-electron chi connectivity index (χ0n) is 18.0. The Hall–Kier alpha value is -3.48. The van der Waals surface area contributed by atoms with Crippen LogP contribution in [0.1, 0.15) is 37.4 Å². The predicted octanol–water partition coefficient (Wildman–Crippen LogP) is 3.22. The van der Waals surface area contributed by atoms with E-state index in [9.17, 15) is 9.59 Å². The van der Waals surface area contributed by atoms with Crippen LogP contribution in [0, 0.1) is 0 Å². The Labute approximate surface area is 182 Å². The van der Waals surface area contributed by atoms with Crippen molar-refractivity contribution in [1.29, 1.82) is 0 Å². The van der Waals surface area contributed by atoms with Crippen LogP contribution in [0.5, 0.6) is 11.5 Å². The van der Waals surface area contributed by atoms with Crippen molar-refractivity contribution < 1.29 is 19.1 Å². The van der Waals surface area contributed by atoms with Gasteiger partial charge in [-0.1, -0.05) is 24.3 Å². The topological polar surface area (TPSA) is 85.1 Å². The first-order chi connectivity index (χ1) is 14.9. The van der Waals surface area contributed by atoms with Gasteiger partial charge in [-0.25, -0.2) is 0 Å². The van der Waals surface area contributed by atoms with Gasteiger partial charge in [-0.2, -0.15) is 0 Å². The van der Waals surface area contributed by atoms with Gasteiger partial charge >= 0.3 is 0 Å². The van der Waals surface area contributed by atoms with Crippen molar-refractivity contribution in [2.24, 2.45) is 0 Å². The number of nitrogens with zero attached hydrogens (tertiary/aromatic N) is 2. The van der Waals surface area contributed by atoms with Crippen LogP contribution < -0.4 is 15.2 Å². The van der Waals surface area contributed by atoms with E-state index in [1.165, 1.54) is 4.90 Å². The number of para-hydroxylation sites is 1. The largest absolute Gasteiger partial charge is 0.454 e. The molecule has 7 nitrogen and oxygen atoms in total. The lowest BCUT2D eigenvalue weighted by Crippen LogP contribution is -2.48. The van der Waals surface area contributed by atoms with Crippen LogP contribution in [0.2, 0.25) is 0 Å². The number of nitrogens with two attached hydrogens (primary N) is 1. The third kappa shape index (κ3) is 3.83. The Bertz CT molecular complexity index is 1050. The molecule has 0 aliphatic carbocycles. The van der Waals surface area contributed by atoms with Crippen molar-refractivity contribution in [3.63, 3.8) is 0 Å². The van der Waals surface area contributed by atoms with E-state index < -0.39 is 0 Å². The summed E-state index contributed by atoms with van der Waals surface area (Å²) in [6, 6.07) is 13.2. The lowest BCUT2D eigenvalue weighted by molar-refractivity contribution is -0.138. The average molecular weight is 421 g/mol. The number of hydrogen-bond acceptors (Lipinski definition) is 5. The van der Waals surface area contributed by atoms with Crippen molar-refractivity contribution >= 4 is 23.6 Å². The van der Waals surface area contributed by atoms with Gasteiger partial charge in [-0.3, -0.25) is 9.59 Å². The summed E-state index contributed by atoms with van der Waals surface area (Å²) in [6.45, 7) is 4.29. The van der Waals surface area contributed by atoms with Crippen molar-refractivity contribution in [3.05, 3.63) is 59.2 Å². The van der Waals surface area contributed by atoms with Crippen LogP contribution in [0.25, 0.3) is 5.57 Å². The van der Waals surface area contributed by atoms with Gasteiger partial charge in [-0.05, 0) is 55.2 Å². The number of ether oxygens (including phenoxy) is 2. The number of nitrogen functional groups attached to an aromatic ring is 1. The number of fused-ring (bicyclic) bond motifs is 1. The fourth-order valence-corrected chi connectivity index (χ4v) is 4.49. The molecule has 4 rings (SSSR count). The second-order valence-electron chi connectivity index (χ2n) is 8.14. The smallest absolute Gasteiger partial charge is 0.243 e. The Morgan fingerprint density at radius 1 is 1.23 bits per heavy atom. The molecule has 2 atom stereocenters. The molecule has 2 N–H and O–H groups in total. The number of benzene rings is 2. The Morgan fingerprint density at radius 2 is 1.97 bits per heavy atom. The van der Waals surface area contributed by atoms with Crippen LogP contribution in [0.4, 0.5) is 5.69 Å². The third-order valence-electron chi connectivity index (χ3n) is 5.99. The Balaban J connectivity index is 1.83. The molecule has 31 heavy (non-hydrogen) atoms. The fraction of sp³-hybridized carbons (Fsp3) is 0.333. The molecule has 0 aromatic heterocycles. The molecule has 2 aromatic rings. The van der Waals surface area contributed by atoms with E-state index in [0.29, 0.717) is 30.0 Å². The first kappa shape index (κ1) is 20.8. The van der Waals surface area contributed by atoms with Gasteiger partial charge in [0.25, 0.3) is 0 Å². The van der Waals surface area contributed by atoms with Gasteiger partial charge in [0, 0.05) is 24.3 Å². The minimum Gasteiger partial charge on any atom is -0.454 e. The van der Waals surface area contributed by atoms with E-state index in [-0.39, 0.29) is 31.3 Å². The van der Waals surface area contributed by atoms with Crippen LogP contribution in [-0.4, -0.2) is 48.5 Å². The summed E-state index contributed by atoms with van der Waals surface area (Å²) in [5.41, 5.74) is 11.1. The Morgan fingerprint density at radius 3 is 2.71 bits per heavy atom. The van der Waals surface area contributed by atoms with Crippen LogP contribution >= 0.6 is 0 Å². The number of hydrogen-bond donors (Lipinski definition) is 1. The van der Waals surface area contributed by atoms with Gasteiger partial charge in [0.2, 0.25) is 19.1 Å². The van der Waals surface area contributed by atoms with Crippen LogP contribution in [-0.2, 0) is 9.59 Å². The van der Waals surface area contributed by atoms with E-state index in [1.54, 1.807) is 7.05 Å². The Kier molecular flexibility index (Phi) is 5.59. The summed E-state index contributed by atoms with van der Waals surface area (Å²) < 4.78 is 11.0. The maximum absolute atomic E-state index is 13.3. The zero-order valence-corrected chi connectivity index (χ0v) is 18.0. The minimum absolute atomic E-state index is 0.0188. The summed E-state index contributed by atoms with van der Waals surface area (Å²) in [6.07, 6.45) is 1.35. The zero-order chi connectivity index (χ0) is 22.1. The van der Waals surface area contributed by atoms with Gasteiger partial charge in [0.15, 0.2) is 11.5 Å². The SMILES string of the molecule is CC1=C(c2ccccc2N)C[C@@H](C)N(C(=O)CN(C)C=O)[C@H]1c1ccc2c(c1)OCO2. The highest BCUT2D eigenvalue weighted by Gasteiger charge is 2.37. The first-order valence-corrected chi connectivity index (χ1v) is 10.3. The lowest BCUT2D eigenvalue weighted by atomic mass is 9.82. The van der Waals surface area contributed by atoms with Crippen LogP contribution in [0.3, 0.4) is 0 Å². The molecule has 2 aromatic carbocycles. The van der Waals surface area contributed by atoms with Gasteiger partial charge in [0.05, 0.1) is 12.6 Å². The monoisotopic (exact) mass is 421 g/mol. The maximum atomic E-state index is 13.3. The number of carbonyl (C=O) groups is 2. The lowest BCUT2D eigenvalue weighted by Gasteiger charge is -2.43. The third-order valence-corrected chi connectivity index (χ3v) is 5.99. The highest BCUT2D eigenvalue weighted by atomic mass is 16.7.